The van der Waals surface area contributed by atoms with E-state index in [4.69, 9.17) is 10.5 Å². The van der Waals surface area contributed by atoms with Crippen LogP contribution in [0.5, 0.6) is 5.75 Å². The normalized spacial score (nSPS) is 17.7. The number of nitrogens with two attached hydrogens (primary N) is 1. The first kappa shape index (κ1) is 24.7. The largest absolute Gasteiger partial charge is 0.497 e. The molecule has 4 rings (SSSR count). The number of sulfonamides is 1. The lowest BCUT2D eigenvalue weighted by Gasteiger charge is -2.35. The number of nitrogen functional groups attached to an aromatic ring is 1. The summed E-state index contributed by atoms with van der Waals surface area (Å²) in [5, 5.41) is -0.310. The van der Waals surface area contributed by atoms with Gasteiger partial charge in [0.2, 0.25) is 0 Å². The number of aromatic nitrogens is 1. The fraction of sp³-hybridized carbons (Fsp3) is 0.308. The van der Waals surface area contributed by atoms with Gasteiger partial charge < -0.3 is 10.5 Å². The fourth-order valence-electron chi connectivity index (χ4n) is 4.79. The molecule has 0 spiro atoms. The first-order chi connectivity index (χ1) is 16.5. The Morgan fingerprint density at radius 3 is 2.46 bits per heavy atom. The lowest BCUT2D eigenvalue weighted by atomic mass is 9.90. The van der Waals surface area contributed by atoms with Crippen LogP contribution in [0.2, 0.25) is 0 Å². The van der Waals surface area contributed by atoms with Crippen molar-refractivity contribution in [2.75, 3.05) is 12.8 Å². The highest BCUT2D eigenvalue weighted by atomic mass is 32.2. The van der Waals surface area contributed by atoms with Crippen LogP contribution in [0.25, 0.3) is 0 Å². The molecule has 0 aliphatic carbocycles. The van der Waals surface area contributed by atoms with Gasteiger partial charge in [0.05, 0.1) is 7.11 Å². The van der Waals surface area contributed by atoms with Crippen molar-refractivity contribution in [3.8, 4) is 5.75 Å². The number of methoxy groups -OCH3 is 1. The van der Waals surface area contributed by atoms with E-state index in [0.717, 1.165) is 22.3 Å². The van der Waals surface area contributed by atoms with E-state index in [9.17, 15) is 13.2 Å². The lowest BCUT2D eigenvalue weighted by Crippen LogP contribution is -2.52. The molecule has 2 aromatic carbocycles. The van der Waals surface area contributed by atoms with Crippen molar-refractivity contribution in [1.82, 2.24) is 14.6 Å². The minimum atomic E-state index is -4.24. The number of rotatable bonds is 6. The number of ether oxygens (including phenoxy) is 1. The van der Waals surface area contributed by atoms with Gasteiger partial charge in [-0.3, -0.25) is 9.69 Å². The van der Waals surface area contributed by atoms with Gasteiger partial charge >= 0.3 is 0 Å². The molecule has 0 fully saturated rings. The Hall–Kier alpha value is -3.43. The number of nitrogens with one attached hydrogen (secondary N) is 1. The Balaban J connectivity index is 1.77. The molecule has 2 heterocycles. The molecular weight excluding hydrogens is 464 g/mol. The van der Waals surface area contributed by atoms with Gasteiger partial charge in [0.25, 0.3) is 15.9 Å². The predicted octanol–water partition coefficient (Wildman–Crippen LogP) is 3.33. The molecule has 9 heteroatoms. The second-order valence-corrected chi connectivity index (χ2v) is 10.8. The molecule has 1 unspecified atom stereocenters. The minimum absolute atomic E-state index is 0.0504. The zero-order chi connectivity index (χ0) is 25.5. The quantitative estimate of drug-likeness (QED) is 0.540. The second-order valence-electron chi connectivity index (χ2n) is 9.16. The average molecular weight is 495 g/mol. The number of hydrogen-bond acceptors (Lipinski definition) is 7. The van der Waals surface area contributed by atoms with Gasteiger partial charge in [-0.05, 0) is 79.8 Å². The van der Waals surface area contributed by atoms with E-state index in [-0.39, 0.29) is 10.8 Å². The van der Waals surface area contributed by atoms with E-state index in [1.807, 2.05) is 17.0 Å². The van der Waals surface area contributed by atoms with Crippen LogP contribution < -0.4 is 15.2 Å². The molecule has 1 aliphatic heterocycles. The fourth-order valence-corrected chi connectivity index (χ4v) is 5.82. The van der Waals surface area contributed by atoms with E-state index in [2.05, 4.69) is 42.6 Å². The van der Waals surface area contributed by atoms with Crippen LogP contribution in [-0.2, 0) is 33.4 Å². The SMILES string of the molecule is COc1ccc2c(c1)C(C)(C(=O)NS(=O)(=O)c1cccc(N)n1)N(Cc1c(C)cc(C)cc1C)C2. The van der Waals surface area contributed by atoms with Crippen LogP contribution in [0.3, 0.4) is 0 Å². The molecule has 3 N–H and O–H groups in total. The highest BCUT2D eigenvalue weighted by Crippen LogP contribution is 2.42. The van der Waals surface area contributed by atoms with Crippen LogP contribution in [0.1, 0.15) is 40.3 Å². The van der Waals surface area contributed by atoms with Crippen molar-refractivity contribution >= 4 is 21.7 Å². The van der Waals surface area contributed by atoms with Crippen LogP contribution in [0.4, 0.5) is 5.82 Å². The summed E-state index contributed by atoms with van der Waals surface area (Å²) in [6, 6.07) is 14.1. The molecule has 35 heavy (non-hydrogen) atoms. The second kappa shape index (κ2) is 8.98. The molecule has 1 aromatic heterocycles. The summed E-state index contributed by atoms with van der Waals surface area (Å²) < 4.78 is 33.7. The third kappa shape index (κ3) is 4.49. The van der Waals surface area contributed by atoms with Crippen molar-refractivity contribution in [2.24, 2.45) is 0 Å². The highest BCUT2D eigenvalue weighted by molar-refractivity contribution is 7.90. The van der Waals surface area contributed by atoms with Gasteiger partial charge in [0.15, 0.2) is 5.03 Å². The predicted molar refractivity (Wildman–Crippen MR) is 134 cm³/mol. The van der Waals surface area contributed by atoms with E-state index in [1.54, 1.807) is 20.1 Å². The third-order valence-corrected chi connectivity index (χ3v) is 7.95. The lowest BCUT2D eigenvalue weighted by molar-refractivity contribution is -0.131. The number of carbonyl (C=O) groups excluding carboxylic acids is 1. The maximum absolute atomic E-state index is 13.8. The summed E-state index contributed by atoms with van der Waals surface area (Å²) in [5.41, 5.74) is 10.5. The number of hydrogen-bond donors (Lipinski definition) is 2. The molecule has 184 valence electrons. The van der Waals surface area contributed by atoms with E-state index in [0.29, 0.717) is 24.4 Å². The number of anilines is 1. The molecule has 0 bridgehead atoms. The molecule has 0 radical (unpaired) electrons. The molecule has 8 nitrogen and oxygen atoms in total. The van der Waals surface area contributed by atoms with Gasteiger partial charge in [0.1, 0.15) is 17.1 Å². The number of aryl methyl sites for hydroxylation is 3. The number of pyridine rings is 1. The van der Waals surface area contributed by atoms with Crippen LogP contribution in [0.15, 0.2) is 53.6 Å². The molecule has 1 aliphatic rings. The number of fused-ring (bicyclic) bond motifs is 1. The molecule has 3 aromatic rings. The summed E-state index contributed by atoms with van der Waals surface area (Å²) in [6.45, 7) is 8.84. The number of amides is 1. The zero-order valence-corrected chi connectivity index (χ0v) is 21.4. The molecule has 0 saturated heterocycles. The Bertz CT molecular complexity index is 1400. The van der Waals surface area contributed by atoms with Gasteiger partial charge in [-0.15, -0.1) is 0 Å². The van der Waals surface area contributed by atoms with Crippen LogP contribution in [0, 0.1) is 20.8 Å². The third-order valence-electron chi connectivity index (χ3n) is 6.71. The Morgan fingerprint density at radius 2 is 1.83 bits per heavy atom. The highest BCUT2D eigenvalue weighted by Gasteiger charge is 2.49. The van der Waals surface area contributed by atoms with E-state index < -0.39 is 21.5 Å². The Kier molecular flexibility index (Phi) is 6.33. The van der Waals surface area contributed by atoms with Crippen LogP contribution in [-0.4, -0.2) is 31.3 Å². The molecule has 1 amide bonds. The van der Waals surface area contributed by atoms with Gasteiger partial charge in [-0.25, -0.2) is 9.71 Å². The maximum atomic E-state index is 13.8. The van der Waals surface area contributed by atoms with Gasteiger partial charge in [-0.2, -0.15) is 8.42 Å². The first-order valence-electron chi connectivity index (χ1n) is 11.2. The van der Waals surface area contributed by atoms with Crippen LogP contribution >= 0.6 is 0 Å². The number of carbonyl (C=O) groups is 1. The molecular formula is C26H30N4O4S. The summed E-state index contributed by atoms with van der Waals surface area (Å²) in [6.07, 6.45) is 0. The maximum Gasteiger partial charge on any atom is 0.281 e. The molecule has 1 atom stereocenters. The zero-order valence-electron chi connectivity index (χ0n) is 20.5. The average Bonchev–Trinajstić information content (AvgIpc) is 3.08. The van der Waals surface area contributed by atoms with E-state index >= 15 is 0 Å². The topological polar surface area (TPSA) is 115 Å². The van der Waals surface area contributed by atoms with Gasteiger partial charge in [0, 0.05) is 13.1 Å². The van der Waals surface area contributed by atoms with Crippen molar-refractivity contribution in [2.45, 2.75) is 51.3 Å². The Morgan fingerprint density at radius 1 is 1.14 bits per heavy atom. The monoisotopic (exact) mass is 494 g/mol. The minimum Gasteiger partial charge on any atom is -0.497 e. The summed E-state index contributed by atoms with van der Waals surface area (Å²) in [4.78, 5) is 19.7. The number of nitrogens with zero attached hydrogens (tertiary/aromatic N) is 2. The van der Waals surface area contributed by atoms with Crippen molar-refractivity contribution in [3.63, 3.8) is 0 Å². The molecule has 0 saturated carbocycles. The smallest absolute Gasteiger partial charge is 0.281 e. The summed E-state index contributed by atoms with van der Waals surface area (Å²) in [5.74, 6) is -0.0294. The number of benzene rings is 2. The summed E-state index contributed by atoms with van der Waals surface area (Å²) >= 11 is 0. The summed E-state index contributed by atoms with van der Waals surface area (Å²) in [7, 11) is -2.69. The standard InChI is InChI=1S/C26H30N4O4S/c1-16-11-17(2)21(18(3)12-16)15-30-14-19-9-10-20(34-5)13-22(19)26(30,4)25(31)29-35(32,33)24-8-6-7-23(27)28-24/h6-13H,14-15H2,1-5H3,(H2,27,28)(H,29,31). The van der Waals surface area contributed by atoms with Crippen molar-refractivity contribution < 1.29 is 17.9 Å². The Labute approximate surface area is 206 Å². The van der Waals surface area contributed by atoms with Crippen molar-refractivity contribution in [1.29, 1.82) is 0 Å². The van der Waals surface area contributed by atoms with Gasteiger partial charge in [-0.1, -0.05) is 29.8 Å². The van der Waals surface area contributed by atoms with E-state index in [1.165, 1.54) is 23.8 Å². The van der Waals surface area contributed by atoms with Crippen molar-refractivity contribution in [3.05, 3.63) is 81.9 Å². The first-order valence-corrected chi connectivity index (χ1v) is 12.7.